The standard InChI is InChI=1S/C13H18N2O/c1-10(2)9-13(16)15-14-11(3)12-7-5-4-6-8-12/h4-8,10H,9H2,1-3H3,(H,15,16). The first kappa shape index (κ1) is 12.4. The van der Waals surface area contributed by atoms with Gasteiger partial charge in [-0.3, -0.25) is 4.79 Å². The Morgan fingerprint density at radius 3 is 2.50 bits per heavy atom. The lowest BCUT2D eigenvalue weighted by molar-refractivity contribution is -0.121. The highest BCUT2D eigenvalue weighted by Crippen LogP contribution is 2.01. The molecule has 0 aromatic heterocycles. The molecule has 0 atom stereocenters. The lowest BCUT2D eigenvalue weighted by Crippen LogP contribution is -2.20. The van der Waals surface area contributed by atoms with E-state index in [4.69, 9.17) is 0 Å². The van der Waals surface area contributed by atoms with Crippen LogP contribution >= 0.6 is 0 Å². The molecule has 1 aromatic rings. The molecule has 0 unspecified atom stereocenters. The van der Waals surface area contributed by atoms with Gasteiger partial charge in [0, 0.05) is 6.42 Å². The average molecular weight is 218 g/mol. The minimum absolute atomic E-state index is 0.0368. The quantitative estimate of drug-likeness (QED) is 0.612. The third kappa shape index (κ3) is 4.26. The van der Waals surface area contributed by atoms with E-state index < -0.39 is 0 Å². The topological polar surface area (TPSA) is 41.5 Å². The normalized spacial score (nSPS) is 11.6. The fourth-order valence-electron chi connectivity index (χ4n) is 1.31. The predicted molar refractivity (Wildman–Crippen MR) is 66.3 cm³/mol. The number of rotatable bonds is 4. The summed E-state index contributed by atoms with van der Waals surface area (Å²) in [6, 6.07) is 9.78. The Kier molecular flexibility index (Phi) is 4.70. The summed E-state index contributed by atoms with van der Waals surface area (Å²) in [4.78, 5) is 11.4. The van der Waals surface area contributed by atoms with E-state index >= 15 is 0 Å². The third-order valence-corrected chi connectivity index (χ3v) is 2.13. The lowest BCUT2D eigenvalue weighted by atomic mass is 10.1. The Morgan fingerprint density at radius 1 is 1.31 bits per heavy atom. The maximum absolute atomic E-state index is 11.4. The molecule has 0 fully saturated rings. The van der Waals surface area contributed by atoms with Gasteiger partial charge in [-0.2, -0.15) is 5.10 Å². The second-order valence-corrected chi connectivity index (χ2v) is 4.20. The highest BCUT2D eigenvalue weighted by Gasteiger charge is 2.03. The minimum Gasteiger partial charge on any atom is -0.273 e. The zero-order chi connectivity index (χ0) is 12.0. The summed E-state index contributed by atoms with van der Waals surface area (Å²) < 4.78 is 0. The molecular formula is C13H18N2O. The molecule has 1 aromatic carbocycles. The number of hydrogen-bond donors (Lipinski definition) is 1. The Hall–Kier alpha value is -1.64. The van der Waals surface area contributed by atoms with E-state index in [-0.39, 0.29) is 5.91 Å². The van der Waals surface area contributed by atoms with E-state index in [1.54, 1.807) is 0 Å². The van der Waals surface area contributed by atoms with Gasteiger partial charge >= 0.3 is 0 Å². The number of hydrogen-bond acceptors (Lipinski definition) is 2. The smallest absolute Gasteiger partial charge is 0.240 e. The Balaban J connectivity index is 2.55. The molecular weight excluding hydrogens is 200 g/mol. The Bertz CT molecular complexity index is 369. The summed E-state index contributed by atoms with van der Waals surface area (Å²) in [6.45, 7) is 5.89. The number of nitrogens with zero attached hydrogens (tertiary/aromatic N) is 1. The molecule has 3 nitrogen and oxygen atoms in total. The molecule has 0 bridgehead atoms. The first-order valence-electron chi connectivity index (χ1n) is 5.48. The van der Waals surface area contributed by atoms with Crippen molar-refractivity contribution < 1.29 is 4.79 Å². The molecule has 1 N–H and O–H groups in total. The maximum Gasteiger partial charge on any atom is 0.240 e. The molecule has 1 amide bonds. The van der Waals surface area contributed by atoms with E-state index in [0.29, 0.717) is 12.3 Å². The van der Waals surface area contributed by atoms with Crippen LogP contribution in [0.4, 0.5) is 0 Å². The van der Waals surface area contributed by atoms with Crippen LogP contribution in [0.15, 0.2) is 35.4 Å². The number of nitrogens with one attached hydrogen (secondary N) is 1. The van der Waals surface area contributed by atoms with E-state index in [9.17, 15) is 4.79 Å². The molecule has 1 rings (SSSR count). The summed E-state index contributed by atoms with van der Waals surface area (Å²) in [5.74, 6) is 0.317. The summed E-state index contributed by atoms with van der Waals surface area (Å²) in [5.41, 5.74) is 4.40. The number of amides is 1. The molecule has 0 saturated carbocycles. The van der Waals surface area contributed by atoms with Gasteiger partial charge in [0.1, 0.15) is 0 Å². The zero-order valence-electron chi connectivity index (χ0n) is 10.0. The lowest BCUT2D eigenvalue weighted by Gasteiger charge is -2.04. The van der Waals surface area contributed by atoms with E-state index in [0.717, 1.165) is 11.3 Å². The van der Waals surface area contributed by atoms with Crippen molar-refractivity contribution in [3.63, 3.8) is 0 Å². The van der Waals surface area contributed by atoms with Crippen LogP contribution in [0.3, 0.4) is 0 Å². The highest BCUT2D eigenvalue weighted by atomic mass is 16.2. The predicted octanol–water partition coefficient (Wildman–Crippen LogP) is 2.57. The summed E-state index contributed by atoms with van der Waals surface area (Å²) in [5, 5.41) is 4.06. The number of carbonyl (C=O) groups is 1. The van der Waals surface area contributed by atoms with Crippen LogP contribution in [0.2, 0.25) is 0 Å². The average Bonchev–Trinajstić information content (AvgIpc) is 2.26. The zero-order valence-corrected chi connectivity index (χ0v) is 10.0. The third-order valence-electron chi connectivity index (χ3n) is 2.13. The molecule has 0 aliphatic heterocycles. The van der Waals surface area contributed by atoms with Crippen molar-refractivity contribution in [3.8, 4) is 0 Å². The molecule has 0 aliphatic rings. The molecule has 0 saturated heterocycles. The fraction of sp³-hybridized carbons (Fsp3) is 0.385. The SMILES string of the molecule is CC(=NNC(=O)CC(C)C)c1ccccc1. The second-order valence-electron chi connectivity index (χ2n) is 4.20. The summed E-state index contributed by atoms with van der Waals surface area (Å²) in [6.07, 6.45) is 0.506. The second kappa shape index (κ2) is 6.05. The molecule has 0 heterocycles. The largest absolute Gasteiger partial charge is 0.273 e. The number of carbonyl (C=O) groups excluding carboxylic acids is 1. The van der Waals surface area contributed by atoms with Crippen molar-refractivity contribution >= 4 is 11.6 Å². The van der Waals surface area contributed by atoms with Gasteiger partial charge in [-0.1, -0.05) is 44.2 Å². The van der Waals surface area contributed by atoms with Gasteiger partial charge in [0.15, 0.2) is 0 Å². The Morgan fingerprint density at radius 2 is 1.94 bits per heavy atom. The van der Waals surface area contributed by atoms with Crippen LogP contribution in [-0.4, -0.2) is 11.6 Å². The molecule has 0 spiro atoms. The van der Waals surface area contributed by atoms with Gasteiger partial charge in [-0.25, -0.2) is 5.43 Å². The van der Waals surface area contributed by atoms with Crippen molar-refractivity contribution in [3.05, 3.63) is 35.9 Å². The van der Waals surface area contributed by atoms with Crippen LogP contribution in [0.5, 0.6) is 0 Å². The van der Waals surface area contributed by atoms with Gasteiger partial charge in [-0.05, 0) is 18.4 Å². The van der Waals surface area contributed by atoms with Crippen LogP contribution in [0, 0.1) is 5.92 Å². The van der Waals surface area contributed by atoms with Crippen LogP contribution in [0.25, 0.3) is 0 Å². The van der Waals surface area contributed by atoms with Crippen molar-refractivity contribution in [2.24, 2.45) is 11.0 Å². The van der Waals surface area contributed by atoms with Crippen LogP contribution < -0.4 is 5.43 Å². The molecule has 3 heteroatoms. The van der Waals surface area contributed by atoms with Crippen LogP contribution in [0.1, 0.15) is 32.8 Å². The first-order valence-corrected chi connectivity index (χ1v) is 5.48. The van der Waals surface area contributed by atoms with Crippen LogP contribution in [-0.2, 0) is 4.79 Å². The minimum atomic E-state index is -0.0368. The first-order chi connectivity index (χ1) is 7.59. The van der Waals surface area contributed by atoms with Gasteiger partial charge in [-0.15, -0.1) is 0 Å². The van der Waals surface area contributed by atoms with Crippen molar-refractivity contribution in [1.82, 2.24) is 5.43 Å². The highest BCUT2D eigenvalue weighted by molar-refractivity contribution is 5.99. The fourth-order valence-corrected chi connectivity index (χ4v) is 1.31. The van der Waals surface area contributed by atoms with E-state index in [1.807, 2.05) is 51.1 Å². The van der Waals surface area contributed by atoms with E-state index in [2.05, 4.69) is 10.5 Å². The molecule has 0 radical (unpaired) electrons. The van der Waals surface area contributed by atoms with Gasteiger partial charge in [0.2, 0.25) is 5.91 Å². The van der Waals surface area contributed by atoms with Gasteiger partial charge in [0.05, 0.1) is 5.71 Å². The summed E-state index contributed by atoms with van der Waals surface area (Å²) >= 11 is 0. The maximum atomic E-state index is 11.4. The van der Waals surface area contributed by atoms with Gasteiger partial charge in [0.25, 0.3) is 0 Å². The molecule has 0 aliphatic carbocycles. The Labute approximate surface area is 96.6 Å². The van der Waals surface area contributed by atoms with Gasteiger partial charge < -0.3 is 0 Å². The van der Waals surface area contributed by atoms with Crippen molar-refractivity contribution in [2.45, 2.75) is 27.2 Å². The molecule has 16 heavy (non-hydrogen) atoms. The van der Waals surface area contributed by atoms with Crippen molar-refractivity contribution in [2.75, 3.05) is 0 Å². The van der Waals surface area contributed by atoms with Crippen molar-refractivity contribution in [1.29, 1.82) is 0 Å². The monoisotopic (exact) mass is 218 g/mol. The molecule has 86 valence electrons. The number of hydrazone groups is 1. The number of benzene rings is 1. The van der Waals surface area contributed by atoms with E-state index in [1.165, 1.54) is 0 Å². The summed E-state index contributed by atoms with van der Waals surface area (Å²) in [7, 11) is 0.